The number of hydrogen-bond donors (Lipinski definition) is 1. The minimum Gasteiger partial charge on any atom is -0.491 e. The lowest BCUT2D eigenvalue weighted by atomic mass is 10.1. The van der Waals surface area contributed by atoms with E-state index in [0.29, 0.717) is 38.1 Å². The molecule has 2 aromatic rings. The number of aliphatic hydroxyl groups is 1. The van der Waals surface area contributed by atoms with Crippen molar-refractivity contribution < 1.29 is 19.4 Å². The number of hydrogen-bond acceptors (Lipinski definition) is 4. The summed E-state index contributed by atoms with van der Waals surface area (Å²) in [6.07, 6.45) is 3.46. The van der Waals surface area contributed by atoms with Gasteiger partial charge in [0, 0.05) is 19.5 Å². The molecule has 2 heterocycles. The number of benzene rings is 2. The molecular weight excluding hydrogens is 404 g/mol. The summed E-state index contributed by atoms with van der Waals surface area (Å²) < 4.78 is 5.71. The normalized spacial score (nSPS) is 21.5. The zero-order valence-corrected chi connectivity index (χ0v) is 18.4. The predicted octanol–water partition coefficient (Wildman–Crippen LogP) is 3.04. The summed E-state index contributed by atoms with van der Waals surface area (Å²) in [6, 6.07) is 18.7. The molecule has 2 aliphatic rings. The van der Waals surface area contributed by atoms with Gasteiger partial charge >= 0.3 is 0 Å². The van der Waals surface area contributed by atoms with Gasteiger partial charge in [0.2, 0.25) is 11.8 Å². The number of aryl methyl sites for hydroxylation is 1. The predicted molar refractivity (Wildman–Crippen MR) is 122 cm³/mol. The number of para-hydroxylation sites is 1. The Bertz CT molecular complexity index is 889. The van der Waals surface area contributed by atoms with Crippen molar-refractivity contribution in [2.75, 3.05) is 19.7 Å². The molecule has 0 radical (unpaired) electrons. The minimum absolute atomic E-state index is 0.0307. The first kappa shape index (κ1) is 22.3. The highest BCUT2D eigenvalue weighted by molar-refractivity contribution is 5.88. The number of likely N-dealkylation sites (tertiary alicyclic amines) is 2. The van der Waals surface area contributed by atoms with Crippen LogP contribution in [0.5, 0.6) is 5.75 Å². The minimum atomic E-state index is -0.759. The van der Waals surface area contributed by atoms with Crippen molar-refractivity contribution in [1.29, 1.82) is 0 Å². The standard InChI is InChI=1S/C26H32N2O4/c29-24(19-32-21-11-5-2-6-12-21)22-13-7-18-28(22)26(31)23-14-8-17-27(23)25(30)16-15-20-9-3-1-4-10-20/h1-6,9-12,22-24,29H,7-8,13-19H2/t22-,23+,24?/m0/s1. The molecule has 2 aliphatic heterocycles. The number of ether oxygens (including phenoxy) is 1. The van der Waals surface area contributed by atoms with Crippen molar-refractivity contribution in [3.63, 3.8) is 0 Å². The maximum atomic E-state index is 13.4. The summed E-state index contributed by atoms with van der Waals surface area (Å²) in [5.41, 5.74) is 1.13. The van der Waals surface area contributed by atoms with Crippen molar-refractivity contribution >= 4 is 11.8 Å². The summed E-state index contributed by atoms with van der Waals surface area (Å²) in [7, 11) is 0. The molecule has 0 spiro atoms. The Hall–Kier alpha value is -2.86. The van der Waals surface area contributed by atoms with E-state index in [1.807, 2.05) is 60.7 Å². The van der Waals surface area contributed by atoms with Gasteiger partial charge < -0.3 is 19.6 Å². The summed E-state index contributed by atoms with van der Waals surface area (Å²) in [5.74, 6) is 0.707. The van der Waals surface area contributed by atoms with Gasteiger partial charge in [-0.25, -0.2) is 0 Å². The molecule has 0 bridgehead atoms. The lowest BCUT2D eigenvalue weighted by molar-refractivity contribution is -0.146. The molecule has 2 fully saturated rings. The molecule has 0 saturated carbocycles. The van der Waals surface area contributed by atoms with E-state index in [9.17, 15) is 14.7 Å². The number of nitrogens with zero attached hydrogens (tertiary/aromatic N) is 2. The van der Waals surface area contributed by atoms with Crippen molar-refractivity contribution in [3.8, 4) is 5.75 Å². The Morgan fingerprint density at radius 1 is 0.938 bits per heavy atom. The third-order valence-corrected chi connectivity index (χ3v) is 6.52. The lowest BCUT2D eigenvalue weighted by Crippen LogP contribution is -2.52. The third-order valence-electron chi connectivity index (χ3n) is 6.52. The van der Waals surface area contributed by atoms with Gasteiger partial charge in [0.15, 0.2) is 0 Å². The fourth-order valence-corrected chi connectivity index (χ4v) is 4.83. The largest absolute Gasteiger partial charge is 0.491 e. The van der Waals surface area contributed by atoms with Crippen molar-refractivity contribution in [3.05, 3.63) is 66.2 Å². The van der Waals surface area contributed by atoms with Gasteiger partial charge in [-0.3, -0.25) is 9.59 Å². The van der Waals surface area contributed by atoms with Crippen LogP contribution in [-0.2, 0) is 16.0 Å². The van der Waals surface area contributed by atoms with E-state index < -0.39 is 12.1 Å². The van der Waals surface area contributed by atoms with Crippen LogP contribution in [-0.4, -0.2) is 64.6 Å². The number of rotatable bonds is 8. The summed E-state index contributed by atoms with van der Waals surface area (Å²) in [4.78, 5) is 29.9. The van der Waals surface area contributed by atoms with Crippen LogP contribution in [0.2, 0.25) is 0 Å². The van der Waals surface area contributed by atoms with Crippen LogP contribution in [0.1, 0.15) is 37.7 Å². The molecule has 0 aromatic heterocycles. The highest BCUT2D eigenvalue weighted by atomic mass is 16.5. The van der Waals surface area contributed by atoms with Gasteiger partial charge in [0.25, 0.3) is 0 Å². The Morgan fingerprint density at radius 3 is 2.34 bits per heavy atom. The first-order chi connectivity index (χ1) is 15.6. The monoisotopic (exact) mass is 436 g/mol. The van der Waals surface area contributed by atoms with E-state index in [0.717, 1.165) is 24.8 Å². The van der Waals surface area contributed by atoms with Crippen LogP contribution in [0.4, 0.5) is 0 Å². The van der Waals surface area contributed by atoms with Gasteiger partial charge in [0.05, 0.1) is 6.04 Å². The van der Waals surface area contributed by atoms with E-state index in [2.05, 4.69) is 0 Å². The zero-order valence-electron chi connectivity index (χ0n) is 18.4. The van der Waals surface area contributed by atoms with Gasteiger partial charge in [-0.1, -0.05) is 48.5 Å². The van der Waals surface area contributed by atoms with E-state index in [4.69, 9.17) is 4.74 Å². The van der Waals surface area contributed by atoms with E-state index >= 15 is 0 Å². The topological polar surface area (TPSA) is 70.1 Å². The Morgan fingerprint density at radius 2 is 1.59 bits per heavy atom. The highest BCUT2D eigenvalue weighted by Crippen LogP contribution is 2.27. The number of aliphatic hydroxyl groups excluding tert-OH is 1. The maximum Gasteiger partial charge on any atom is 0.245 e. The summed E-state index contributed by atoms with van der Waals surface area (Å²) in [6.45, 7) is 1.39. The number of carbonyl (C=O) groups is 2. The number of carbonyl (C=O) groups excluding carboxylic acids is 2. The van der Waals surface area contributed by atoms with Crippen LogP contribution in [0, 0.1) is 0 Å². The average molecular weight is 437 g/mol. The van der Waals surface area contributed by atoms with Crippen molar-refractivity contribution in [1.82, 2.24) is 9.80 Å². The summed E-state index contributed by atoms with van der Waals surface area (Å²) in [5, 5.41) is 10.8. The molecule has 6 nitrogen and oxygen atoms in total. The second-order valence-electron chi connectivity index (χ2n) is 8.66. The Kier molecular flexibility index (Phi) is 7.43. The molecular formula is C26H32N2O4. The fourth-order valence-electron chi connectivity index (χ4n) is 4.83. The van der Waals surface area contributed by atoms with Crippen LogP contribution in [0.3, 0.4) is 0 Å². The molecule has 3 atom stereocenters. The third kappa shape index (κ3) is 5.30. The molecule has 1 N–H and O–H groups in total. The van der Waals surface area contributed by atoms with Gasteiger partial charge in [0.1, 0.15) is 24.5 Å². The zero-order chi connectivity index (χ0) is 22.3. The molecule has 170 valence electrons. The molecule has 4 rings (SSSR count). The van der Waals surface area contributed by atoms with Crippen LogP contribution >= 0.6 is 0 Å². The highest BCUT2D eigenvalue weighted by Gasteiger charge is 2.41. The SMILES string of the molecule is O=C(CCc1ccccc1)N1CCC[C@@H]1C(=O)N1CCC[C@H]1C(O)COc1ccccc1. The molecule has 2 aromatic carbocycles. The van der Waals surface area contributed by atoms with Crippen LogP contribution in [0.15, 0.2) is 60.7 Å². The van der Waals surface area contributed by atoms with Gasteiger partial charge in [-0.05, 0) is 49.8 Å². The second kappa shape index (κ2) is 10.6. The fraction of sp³-hybridized carbons (Fsp3) is 0.462. The van der Waals surface area contributed by atoms with E-state index in [1.54, 1.807) is 9.80 Å². The van der Waals surface area contributed by atoms with Crippen LogP contribution < -0.4 is 4.74 Å². The van der Waals surface area contributed by atoms with Crippen molar-refractivity contribution in [2.45, 2.75) is 56.7 Å². The average Bonchev–Trinajstić information content (AvgIpc) is 3.52. The van der Waals surface area contributed by atoms with Gasteiger partial charge in [-0.15, -0.1) is 0 Å². The Balaban J connectivity index is 1.34. The molecule has 6 heteroatoms. The van der Waals surface area contributed by atoms with E-state index in [1.165, 1.54) is 0 Å². The lowest BCUT2D eigenvalue weighted by Gasteiger charge is -2.33. The summed E-state index contributed by atoms with van der Waals surface area (Å²) >= 11 is 0. The Labute approximate surface area is 189 Å². The van der Waals surface area contributed by atoms with Crippen LogP contribution in [0.25, 0.3) is 0 Å². The first-order valence-corrected chi connectivity index (χ1v) is 11.6. The van der Waals surface area contributed by atoms with E-state index in [-0.39, 0.29) is 24.5 Å². The molecule has 2 amide bonds. The quantitative estimate of drug-likeness (QED) is 0.691. The first-order valence-electron chi connectivity index (χ1n) is 11.6. The maximum absolute atomic E-state index is 13.4. The smallest absolute Gasteiger partial charge is 0.245 e. The molecule has 0 aliphatic carbocycles. The molecule has 32 heavy (non-hydrogen) atoms. The second-order valence-corrected chi connectivity index (χ2v) is 8.66. The molecule has 1 unspecified atom stereocenters. The van der Waals surface area contributed by atoms with Gasteiger partial charge in [-0.2, -0.15) is 0 Å². The van der Waals surface area contributed by atoms with Crippen molar-refractivity contribution in [2.24, 2.45) is 0 Å². The molecule has 2 saturated heterocycles. The number of amides is 2.